The van der Waals surface area contributed by atoms with Crippen molar-refractivity contribution in [1.82, 2.24) is 4.90 Å². The van der Waals surface area contributed by atoms with Crippen molar-refractivity contribution in [1.29, 1.82) is 0 Å². The van der Waals surface area contributed by atoms with Crippen LogP contribution in [0.25, 0.3) is 0 Å². The summed E-state index contributed by atoms with van der Waals surface area (Å²) < 4.78 is 24.0. The average Bonchev–Trinajstić information content (AvgIpc) is 2.38. The lowest BCUT2D eigenvalue weighted by Crippen LogP contribution is -2.51. The summed E-state index contributed by atoms with van der Waals surface area (Å²) in [5.74, 6) is -0.0864. The van der Waals surface area contributed by atoms with Crippen LogP contribution in [0.3, 0.4) is 0 Å². The van der Waals surface area contributed by atoms with Crippen LogP contribution in [0.5, 0.6) is 0 Å². The van der Waals surface area contributed by atoms with Gasteiger partial charge in [-0.05, 0) is 25.7 Å². The van der Waals surface area contributed by atoms with Crippen molar-refractivity contribution in [3.05, 3.63) is 0 Å². The molecular formula is C13H22N2O3S2. The predicted molar refractivity (Wildman–Crippen MR) is 82.1 cm³/mol. The SMILES string of the molecule is CC1(C(N)=S)CCN(C(=O)C2CCCCS2(=O)=O)CC1. The molecule has 2 aliphatic heterocycles. The van der Waals surface area contributed by atoms with Crippen LogP contribution < -0.4 is 5.73 Å². The van der Waals surface area contributed by atoms with Crippen LogP contribution in [0.2, 0.25) is 0 Å². The molecule has 2 saturated heterocycles. The Kier molecular flexibility index (Phi) is 4.39. The Balaban J connectivity index is 2.03. The van der Waals surface area contributed by atoms with Gasteiger partial charge in [-0.2, -0.15) is 0 Å². The van der Waals surface area contributed by atoms with E-state index < -0.39 is 15.1 Å². The summed E-state index contributed by atoms with van der Waals surface area (Å²) in [6.07, 6.45) is 3.37. The monoisotopic (exact) mass is 318 g/mol. The highest BCUT2D eigenvalue weighted by Gasteiger charge is 2.40. The molecule has 2 rings (SSSR count). The Morgan fingerprint density at radius 1 is 1.30 bits per heavy atom. The topological polar surface area (TPSA) is 80.5 Å². The fourth-order valence-corrected chi connectivity index (χ4v) is 4.98. The normalized spacial score (nSPS) is 28.9. The lowest BCUT2D eigenvalue weighted by Gasteiger charge is -2.40. The second-order valence-electron chi connectivity index (χ2n) is 6.10. The van der Waals surface area contributed by atoms with Gasteiger partial charge in [0.1, 0.15) is 5.25 Å². The van der Waals surface area contributed by atoms with Gasteiger partial charge in [-0.15, -0.1) is 0 Å². The molecule has 2 aliphatic rings. The fraction of sp³-hybridized carbons (Fsp3) is 0.846. The number of carbonyl (C=O) groups excluding carboxylic acids is 1. The number of nitrogens with two attached hydrogens (primary N) is 1. The molecule has 0 aromatic rings. The third kappa shape index (κ3) is 2.98. The summed E-state index contributed by atoms with van der Waals surface area (Å²) in [7, 11) is -3.26. The Labute approximate surface area is 125 Å². The summed E-state index contributed by atoms with van der Waals surface area (Å²) in [4.78, 5) is 14.6. The first-order valence-corrected chi connectivity index (χ1v) is 9.19. The molecule has 0 spiro atoms. The molecule has 0 radical (unpaired) electrons. The minimum Gasteiger partial charge on any atom is -0.393 e. The van der Waals surface area contributed by atoms with Gasteiger partial charge in [0.15, 0.2) is 9.84 Å². The quantitative estimate of drug-likeness (QED) is 0.764. The van der Waals surface area contributed by atoms with Crippen LogP contribution in [0, 0.1) is 5.41 Å². The Hall–Kier alpha value is -0.690. The molecule has 0 aromatic carbocycles. The molecule has 2 heterocycles. The van der Waals surface area contributed by atoms with Crippen LogP contribution in [0.15, 0.2) is 0 Å². The van der Waals surface area contributed by atoms with Crippen molar-refractivity contribution in [2.24, 2.45) is 11.1 Å². The molecule has 2 N–H and O–H groups in total. The van der Waals surface area contributed by atoms with Crippen molar-refractivity contribution >= 4 is 33.0 Å². The molecule has 20 heavy (non-hydrogen) atoms. The standard InChI is InChI=1S/C13H22N2O3S2/c1-13(12(14)19)5-7-15(8-6-13)11(16)10-4-2-3-9-20(10,17)18/h10H,2-9H2,1H3,(H2,14,19). The van der Waals surface area contributed by atoms with Gasteiger partial charge in [0, 0.05) is 18.5 Å². The van der Waals surface area contributed by atoms with Crippen molar-refractivity contribution in [2.75, 3.05) is 18.8 Å². The van der Waals surface area contributed by atoms with Crippen LogP contribution in [0.1, 0.15) is 39.0 Å². The van der Waals surface area contributed by atoms with Crippen LogP contribution >= 0.6 is 12.2 Å². The number of amides is 1. The Bertz CT molecular complexity index is 508. The van der Waals surface area contributed by atoms with E-state index in [0.717, 1.165) is 6.42 Å². The molecule has 0 saturated carbocycles. The number of thiocarbonyl (C=S) groups is 1. The first-order chi connectivity index (χ1) is 9.26. The second kappa shape index (κ2) is 5.60. The molecule has 0 aliphatic carbocycles. The zero-order valence-corrected chi connectivity index (χ0v) is 13.4. The largest absolute Gasteiger partial charge is 0.393 e. The molecule has 114 valence electrons. The second-order valence-corrected chi connectivity index (χ2v) is 8.84. The summed E-state index contributed by atoms with van der Waals surface area (Å²) in [5, 5.41) is -0.828. The summed E-state index contributed by atoms with van der Waals surface area (Å²) in [6.45, 7) is 3.09. The third-order valence-corrected chi connectivity index (χ3v) is 7.28. The maximum atomic E-state index is 12.4. The van der Waals surface area contributed by atoms with E-state index in [4.69, 9.17) is 18.0 Å². The number of carbonyl (C=O) groups is 1. The first-order valence-electron chi connectivity index (χ1n) is 7.06. The third-order valence-electron chi connectivity index (χ3n) is 4.63. The molecule has 0 aromatic heterocycles. The van der Waals surface area contributed by atoms with Crippen LogP contribution in [-0.2, 0) is 14.6 Å². The van der Waals surface area contributed by atoms with Gasteiger partial charge in [0.25, 0.3) is 0 Å². The smallest absolute Gasteiger partial charge is 0.240 e. The van der Waals surface area contributed by atoms with E-state index in [-0.39, 0.29) is 17.1 Å². The summed E-state index contributed by atoms with van der Waals surface area (Å²) >= 11 is 5.07. The summed E-state index contributed by atoms with van der Waals surface area (Å²) in [6, 6.07) is 0. The van der Waals surface area contributed by atoms with E-state index in [1.54, 1.807) is 4.90 Å². The zero-order valence-electron chi connectivity index (χ0n) is 11.8. The maximum Gasteiger partial charge on any atom is 0.240 e. The molecule has 2 fully saturated rings. The van der Waals surface area contributed by atoms with E-state index in [1.165, 1.54) is 0 Å². The van der Waals surface area contributed by atoms with Crippen molar-refractivity contribution in [3.63, 3.8) is 0 Å². The van der Waals surface area contributed by atoms with Crippen LogP contribution in [0.4, 0.5) is 0 Å². The highest BCUT2D eigenvalue weighted by atomic mass is 32.2. The van der Waals surface area contributed by atoms with Gasteiger partial charge in [0.05, 0.1) is 10.7 Å². The highest BCUT2D eigenvalue weighted by Crippen LogP contribution is 2.32. The number of rotatable bonds is 2. The summed E-state index contributed by atoms with van der Waals surface area (Å²) in [5.41, 5.74) is 5.53. The van der Waals surface area contributed by atoms with Gasteiger partial charge >= 0.3 is 0 Å². The molecule has 7 heteroatoms. The van der Waals surface area contributed by atoms with E-state index in [0.29, 0.717) is 43.8 Å². The lowest BCUT2D eigenvalue weighted by atomic mass is 9.80. The van der Waals surface area contributed by atoms with Gasteiger partial charge in [-0.3, -0.25) is 4.79 Å². The number of likely N-dealkylation sites (tertiary alicyclic amines) is 1. The van der Waals surface area contributed by atoms with Gasteiger partial charge in [0.2, 0.25) is 5.91 Å². The molecule has 1 atom stereocenters. The predicted octanol–water partition coefficient (Wildman–Crippen LogP) is 0.868. The van der Waals surface area contributed by atoms with Crippen molar-refractivity contribution in [3.8, 4) is 0 Å². The fourth-order valence-electron chi connectivity index (χ4n) is 2.90. The minimum absolute atomic E-state index is 0.141. The molecule has 1 amide bonds. The Morgan fingerprint density at radius 2 is 1.90 bits per heavy atom. The van der Waals surface area contributed by atoms with E-state index in [2.05, 4.69) is 0 Å². The minimum atomic E-state index is -3.26. The molecule has 5 nitrogen and oxygen atoms in total. The number of hydrogen-bond donors (Lipinski definition) is 1. The van der Waals surface area contributed by atoms with Crippen molar-refractivity contribution < 1.29 is 13.2 Å². The average molecular weight is 318 g/mol. The van der Waals surface area contributed by atoms with E-state index >= 15 is 0 Å². The molecule has 0 bridgehead atoms. The number of nitrogens with zero attached hydrogens (tertiary/aromatic N) is 1. The lowest BCUT2D eigenvalue weighted by molar-refractivity contribution is -0.132. The molecule has 1 unspecified atom stereocenters. The van der Waals surface area contributed by atoms with Crippen molar-refractivity contribution in [2.45, 2.75) is 44.3 Å². The first kappa shape index (κ1) is 15.7. The van der Waals surface area contributed by atoms with Gasteiger partial charge < -0.3 is 10.6 Å². The Morgan fingerprint density at radius 3 is 2.40 bits per heavy atom. The number of hydrogen-bond acceptors (Lipinski definition) is 4. The maximum absolute atomic E-state index is 12.4. The number of piperidine rings is 1. The van der Waals surface area contributed by atoms with E-state index in [1.807, 2.05) is 6.92 Å². The van der Waals surface area contributed by atoms with Crippen LogP contribution in [-0.4, -0.2) is 48.3 Å². The number of sulfone groups is 1. The molecular weight excluding hydrogens is 296 g/mol. The zero-order chi connectivity index (χ0) is 15.0. The van der Waals surface area contributed by atoms with Gasteiger partial charge in [-0.1, -0.05) is 25.6 Å². The van der Waals surface area contributed by atoms with Gasteiger partial charge in [-0.25, -0.2) is 8.42 Å². The van der Waals surface area contributed by atoms with E-state index in [9.17, 15) is 13.2 Å². The highest BCUT2D eigenvalue weighted by molar-refractivity contribution is 7.92.